The van der Waals surface area contributed by atoms with Crippen LogP contribution < -0.4 is 0 Å². The Balaban J connectivity index is 1.59. The number of ether oxygens (including phenoxy) is 1. The number of carbonyl (C=O) groups excluding carboxylic acids is 2. The molecule has 158 valence electrons. The number of pyridine rings is 1. The maximum atomic E-state index is 13.0. The van der Waals surface area contributed by atoms with E-state index in [0.29, 0.717) is 34.5 Å². The Kier molecular flexibility index (Phi) is 5.81. The van der Waals surface area contributed by atoms with Gasteiger partial charge in [0.2, 0.25) is 0 Å². The van der Waals surface area contributed by atoms with Crippen LogP contribution in [0.5, 0.6) is 0 Å². The Labute approximate surface area is 183 Å². The van der Waals surface area contributed by atoms with Crippen molar-refractivity contribution in [1.82, 2.24) is 19.7 Å². The average Bonchev–Trinajstić information content (AvgIpc) is 3.39. The van der Waals surface area contributed by atoms with Gasteiger partial charge in [-0.05, 0) is 35.4 Å². The van der Waals surface area contributed by atoms with Crippen molar-refractivity contribution >= 4 is 34.2 Å². The summed E-state index contributed by atoms with van der Waals surface area (Å²) in [6, 6.07) is 13.3. The molecule has 0 aliphatic heterocycles. The summed E-state index contributed by atoms with van der Waals surface area (Å²) in [5.41, 5.74) is 4.18. The fourth-order valence-corrected chi connectivity index (χ4v) is 4.08. The number of rotatable bonds is 6. The van der Waals surface area contributed by atoms with Crippen molar-refractivity contribution < 1.29 is 14.3 Å². The van der Waals surface area contributed by atoms with Crippen molar-refractivity contribution in [2.24, 2.45) is 7.05 Å². The summed E-state index contributed by atoms with van der Waals surface area (Å²) in [7, 11) is 3.48. The number of hydrogen-bond acceptors (Lipinski definition) is 6. The number of esters is 1. The van der Waals surface area contributed by atoms with E-state index in [4.69, 9.17) is 9.72 Å². The van der Waals surface area contributed by atoms with E-state index in [0.717, 1.165) is 11.1 Å². The molecule has 0 saturated heterocycles. The highest BCUT2D eigenvalue weighted by Crippen LogP contribution is 2.27. The molecule has 4 rings (SSSR count). The van der Waals surface area contributed by atoms with Crippen molar-refractivity contribution in [2.45, 2.75) is 13.5 Å². The molecule has 8 heteroatoms. The SMILES string of the molecule is Cc1nn(C)c2nc(-c3ccccc3)cc(C(=O)OCC(=O)N(C)Cc3ccsc3)c12. The molecule has 0 aliphatic rings. The minimum Gasteiger partial charge on any atom is -0.452 e. The Morgan fingerprint density at radius 2 is 1.97 bits per heavy atom. The first kappa shape index (κ1) is 20.7. The van der Waals surface area contributed by atoms with Crippen molar-refractivity contribution in [3.05, 3.63) is 70.0 Å². The highest BCUT2D eigenvalue weighted by atomic mass is 32.1. The number of likely N-dealkylation sites (N-methyl/N-ethyl adjacent to an activating group) is 1. The second-order valence-electron chi connectivity index (χ2n) is 7.29. The van der Waals surface area contributed by atoms with Gasteiger partial charge in [-0.25, -0.2) is 9.78 Å². The highest BCUT2D eigenvalue weighted by molar-refractivity contribution is 7.07. The van der Waals surface area contributed by atoms with E-state index >= 15 is 0 Å². The summed E-state index contributed by atoms with van der Waals surface area (Å²) < 4.78 is 7.05. The predicted molar refractivity (Wildman–Crippen MR) is 120 cm³/mol. The molecule has 0 saturated carbocycles. The first-order valence-electron chi connectivity index (χ1n) is 9.76. The minimum atomic E-state index is -0.571. The number of amides is 1. The number of aromatic nitrogens is 3. The molecule has 1 aromatic carbocycles. The zero-order chi connectivity index (χ0) is 22.0. The Bertz CT molecular complexity index is 1230. The van der Waals surface area contributed by atoms with Crippen LogP contribution in [0, 0.1) is 6.92 Å². The summed E-state index contributed by atoms with van der Waals surface area (Å²) in [5.74, 6) is -0.839. The van der Waals surface area contributed by atoms with Crippen LogP contribution >= 0.6 is 11.3 Å². The second-order valence-corrected chi connectivity index (χ2v) is 8.07. The first-order chi connectivity index (χ1) is 14.9. The summed E-state index contributed by atoms with van der Waals surface area (Å²) >= 11 is 1.58. The summed E-state index contributed by atoms with van der Waals surface area (Å²) in [4.78, 5) is 31.7. The van der Waals surface area contributed by atoms with E-state index in [2.05, 4.69) is 5.10 Å². The van der Waals surface area contributed by atoms with Gasteiger partial charge in [0.25, 0.3) is 5.91 Å². The molecule has 0 N–H and O–H groups in total. The van der Waals surface area contributed by atoms with Crippen LogP contribution in [-0.4, -0.2) is 45.2 Å². The van der Waals surface area contributed by atoms with Crippen molar-refractivity contribution in [3.63, 3.8) is 0 Å². The molecular formula is C23H22N4O3S. The third kappa shape index (κ3) is 4.34. The van der Waals surface area contributed by atoms with E-state index < -0.39 is 5.97 Å². The molecule has 7 nitrogen and oxygen atoms in total. The molecule has 0 bridgehead atoms. The van der Waals surface area contributed by atoms with Gasteiger partial charge in [-0.1, -0.05) is 30.3 Å². The average molecular weight is 435 g/mol. The van der Waals surface area contributed by atoms with E-state index in [-0.39, 0.29) is 12.5 Å². The van der Waals surface area contributed by atoms with E-state index in [1.54, 1.807) is 41.1 Å². The van der Waals surface area contributed by atoms with Gasteiger partial charge < -0.3 is 9.64 Å². The Morgan fingerprint density at radius 3 is 2.68 bits per heavy atom. The third-order valence-corrected chi connectivity index (χ3v) is 5.74. The summed E-state index contributed by atoms with van der Waals surface area (Å²) in [6.07, 6.45) is 0. The van der Waals surface area contributed by atoms with Gasteiger partial charge in [-0.15, -0.1) is 0 Å². The molecule has 4 aromatic rings. The van der Waals surface area contributed by atoms with E-state index in [1.807, 2.05) is 54.1 Å². The summed E-state index contributed by atoms with van der Waals surface area (Å²) in [6.45, 7) is 1.96. The molecular weight excluding hydrogens is 412 g/mol. The van der Waals surface area contributed by atoms with Crippen LogP contribution in [0.1, 0.15) is 21.6 Å². The smallest absolute Gasteiger partial charge is 0.339 e. The molecule has 0 unspecified atom stereocenters. The van der Waals surface area contributed by atoms with Gasteiger partial charge >= 0.3 is 5.97 Å². The second kappa shape index (κ2) is 8.69. The number of nitrogens with zero attached hydrogens (tertiary/aromatic N) is 4. The first-order valence-corrected chi connectivity index (χ1v) is 10.7. The standard InChI is InChI=1S/C23H22N4O3S/c1-15-21-18(23(29)30-13-20(28)26(2)12-16-9-10-31-14-16)11-19(17-7-5-4-6-8-17)24-22(21)27(3)25-15/h4-11,14H,12-13H2,1-3H3. The quantitative estimate of drug-likeness (QED) is 0.431. The van der Waals surface area contributed by atoms with Crippen molar-refractivity contribution in [1.29, 1.82) is 0 Å². The highest BCUT2D eigenvalue weighted by Gasteiger charge is 2.21. The van der Waals surface area contributed by atoms with Gasteiger partial charge in [-0.3, -0.25) is 9.48 Å². The van der Waals surface area contributed by atoms with Gasteiger partial charge in [0, 0.05) is 26.2 Å². The van der Waals surface area contributed by atoms with Crippen LogP contribution in [0.15, 0.2) is 53.2 Å². The molecule has 3 heterocycles. The molecule has 3 aromatic heterocycles. The number of aryl methyl sites for hydroxylation is 2. The topological polar surface area (TPSA) is 77.3 Å². The monoisotopic (exact) mass is 434 g/mol. The van der Waals surface area contributed by atoms with Crippen LogP contribution in [0.3, 0.4) is 0 Å². The van der Waals surface area contributed by atoms with Crippen LogP contribution in [0.4, 0.5) is 0 Å². The number of benzene rings is 1. The van der Waals surface area contributed by atoms with Crippen molar-refractivity contribution in [3.8, 4) is 11.3 Å². The maximum Gasteiger partial charge on any atom is 0.339 e. The zero-order valence-corrected chi connectivity index (χ0v) is 18.3. The van der Waals surface area contributed by atoms with Gasteiger partial charge in [0.05, 0.1) is 22.3 Å². The minimum absolute atomic E-state index is 0.268. The predicted octanol–water partition coefficient (Wildman–Crippen LogP) is 3.82. The number of fused-ring (bicyclic) bond motifs is 1. The number of carbonyl (C=O) groups is 2. The zero-order valence-electron chi connectivity index (χ0n) is 17.5. The largest absolute Gasteiger partial charge is 0.452 e. The lowest BCUT2D eigenvalue weighted by Gasteiger charge is -2.16. The van der Waals surface area contributed by atoms with Crippen molar-refractivity contribution in [2.75, 3.05) is 13.7 Å². The lowest BCUT2D eigenvalue weighted by atomic mass is 10.1. The molecule has 0 radical (unpaired) electrons. The van der Waals surface area contributed by atoms with Crippen LogP contribution in [0.2, 0.25) is 0 Å². The fraction of sp³-hybridized carbons (Fsp3) is 0.217. The Morgan fingerprint density at radius 1 is 1.19 bits per heavy atom. The molecule has 0 atom stereocenters. The van der Waals surface area contributed by atoms with Gasteiger partial charge in [0.15, 0.2) is 12.3 Å². The maximum absolute atomic E-state index is 13.0. The van der Waals surface area contributed by atoms with E-state index in [9.17, 15) is 9.59 Å². The van der Waals surface area contributed by atoms with Gasteiger partial charge in [-0.2, -0.15) is 16.4 Å². The number of thiophene rings is 1. The normalized spacial score (nSPS) is 10.9. The molecule has 0 spiro atoms. The third-order valence-electron chi connectivity index (χ3n) is 5.01. The molecule has 0 aliphatic carbocycles. The number of hydrogen-bond donors (Lipinski definition) is 0. The Hall–Kier alpha value is -3.52. The van der Waals surface area contributed by atoms with Crippen LogP contribution in [-0.2, 0) is 23.1 Å². The summed E-state index contributed by atoms with van der Waals surface area (Å²) in [5, 5.41) is 8.98. The van der Waals surface area contributed by atoms with Crippen LogP contribution in [0.25, 0.3) is 22.3 Å². The lowest BCUT2D eigenvalue weighted by Crippen LogP contribution is -2.30. The van der Waals surface area contributed by atoms with Gasteiger partial charge in [0.1, 0.15) is 0 Å². The lowest BCUT2D eigenvalue weighted by molar-refractivity contribution is -0.133. The molecule has 31 heavy (non-hydrogen) atoms. The molecule has 0 fully saturated rings. The molecule has 1 amide bonds. The van der Waals surface area contributed by atoms with E-state index in [1.165, 1.54) is 0 Å². The fourth-order valence-electron chi connectivity index (χ4n) is 3.42.